The number of hydrogen-bond donors (Lipinski definition) is 3. The number of phenolic OH excluding ortho intramolecular Hbond substituents is 1. The van der Waals surface area contributed by atoms with Crippen molar-refractivity contribution < 1.29 is 19.9 Å². The molecule has 0 amide bonds. The second-order valence-corrected chi connectivity index (χ2v) is 4.27. The third kappa shape index (κ3) is 4.90. The zero-order chi connectivity index (χ0) is 15.8. The van der Waals surface area contributed by atoms with E-state index in [0.717, 1.165) is 0 Å². The molecule has 7 heteroatoms. The standard InChI is InChI=1S/C7H7NO3.C7H6O2S/c9-5-6-3-1-2-4-7(6)8(10)11;8-6-4-2-1-3-5(6)7(9)10/h1-4,9H,5H2;1-4,8H,(H,9,10). The van der Waals surface area contributed by atoms with Crippen molar-refractivity contribution >= 4 is 23.4 Å². The molecule has 0 heterocycles. The van der Waals surface area contributed by atoms with Gasteiger partial charge in [-0.05, 0) is 18.2 Å². The average Bonchev–Trinajstić information content (AvgIpc) is 2.48. The van der Waals surface area contributed by atoms with Crippen LogP contribution >= 0.6 is 12.6 Å². The van der Waals surface area contributed by atoms with Gasteiger partial charge in [-0.3, -0.25) is 14.9 Å². The lowest BCUT2D eigenvalue weighted by molar-refractivity contribution is -0.385. The minimum atomic E-state index is -0.508. The zero-order valence-corrected chi connectivity index (χ0v) is 11.7. The van der Waals surface area contributed by atoms with Gasteiger partial charge in [0.15, 0.2) is 0 Å². The van der Waals surface area contributed by atoms with E-state index in [1.165, 1.54) is 24.3 Å². The number of para-hydroxylation sites is 2. The van der Waals surface area contributed by atoms with Crippen LogP contribution in [0.2, 0.25) is 0 Å². The first kappa shape index (κ1) is 16.7. The molecule has 21 heavy (non-hydrogen) atoms. The van der Waals surface area contributed by atoms with Crippen molar-refractivity contribution in [2.24, 2.45) is 0 Å². The number of nitrogens with zero attached hydrogens (tertiary/aromatic N) is 1. The zero-order valence-electron chi connectivity index (χ0n) is 10.8. The van der Waals surface area contributed by atoms with Gasteiger partial charge in [0, 0.05) is 6.07 Å². The van der Waals surface area contributed by atoms with Crippen LogP contribution < -0.4 is 0 Å². The molecule has 0 spiro atoms. The number of rotatable bonds is 3. The summed E-state index contributed by atoms with van der Waals surface area (Å²) in [5.41, 5.74) is 0.554. The Morgan fingerprint density at radius 1 is 1.14 bits per heavy atom. The highest BCUT2D eigenvalue weighted by atomic mass is 32.1. The van der Waals surface area contributed by atoms with Crippen molar-refractivity contribution in [2.75, 3.05) is 0 Å². The molecule has 6 nitrogen and oxygen atoms in total. The predicted molar refractivity (Wildman–Crippen MR) is 80.4 cm³/mol. The molecular formula is C14H13NO5S. The van der Waals surface area contributed by atoms with Crippen molar-refractivity contribution in [3.8, 4) is 5.75 Å². The maximum atomic E-state index is 10.6. The Morgan fingerprint density at radius 2 is 1.71 bits per heavy atom. The number of aliphatic hydroxyl groups is 1. The second-order valence-electron chi connectivity index (χ2n) is 3.87. The summed E-state index contributed by atoms with van der Waals surface area (Å²) in [6.07, 6.45) is 0. The summed E-state index contributed by atoms with van der Waals surface area (Å²) in [7, 11) is 0. The number of benzene rings is 2. The molecule has 0 aromatic heterocycles. The lowest BCUT2D eigenvalue weighted by atomic mass is 10.2. The molecular weight excluding hydrogens is 294 g/mol. The molecule has 0 fully saturated rings. The van der Waals surface area contributed by atoms with E-state index in [-0.39, 0.29) is 23.6 Å². The van der Waals surface area contributed by atoms with Gasteiger partial charge in [0.25, 0.3) is 5.69 Å². The first-order chi connectivity index (χ1) is 9.97. The lowest BCUT2D eigenvalue weighted by Crippen LogP contribution is -1.93. The monoisotopic (exact) mass is 307 g/mol. The molecule has 2 rings (SSSR count). The van der Waals surface area contributed by atoms with Crippen molar-refractivity contribution in [1.29, 1.82) is 0 Å². The van der Waals surface area contributed by atoms with Gasteiger partial charge >= 0.3 is 0 Å². The minimum absolute atomic E-state index is 0.0255. The fraction of sp³-hybridized carbons (Fsp3) is 0.0714. The Balaban J connectivity index is 0.000000211. The topological polar surface area (TPSA) is 101 Å². The van der Waals surface area contributed by atoms with Crippen LogP contribution in [0.1, 0.15) is 15.9 Å². The Morgan fingerprint density at radius 3 is 2.14 bits per heavy atom. The molecule has 0 bridgehead atoms. The number of nitro groups is 1. The SMILES string of the molecule is O=C(S)c1ccccc1O.O=[N+]([O-])c1ccccc1CO. The van der Waals surface area contributed by atoms with Crippen LogP contribution in [-0.2, 0) is 6.61 Å². The van der Waals surface area contributed by atoms with Gasteiger partial charge < -0.3 is 10.2 Å². The first-order valence-electron chi connectivity index (χ1n) is 5.81. The van der Waals surface area contributed by atoms with Crippen LogP contribution in [0.25, 0.3) is 0 Å². The van der Waals surface area contributed by atoms with Gasteiger partial charge in [-0.1, -0.05) is 24.3 Å². The molecule has 0 radical (unpaired) electrons. The Labute approximate surface area is 126 Å². The number of carbonyl (C=O) groups excluding carboxylic acids is 1. The van der Waals surface area contributed by atoms with E-state index < -0.39 is 10.0 Å². The van der Waals surface area contributed by atoms with E-state index in [1.807, 2.05) is 0 Å². The van der Waals surface area contributed by atoms with E-state index in [1.54, 1.807) is 24.3 Å². The summed E-state index contributed by atoms with van der Waals surface area (Å²) >= 11 is 3.56. The minimum Gasteiger partial charge on any atom is -0.507 e. The van der Waals surface area contributed by atoms with Gasteiger partial charge in [-0.15, -0.1) is 12.6 Å². The molecule has 2 N–H and O–H groups in total. The van der Waals surface area contributed by atoms with Crippen LogP contribution in [0.4, 0.5) is 5.69 Å². The van der Waals surface area contributed by atoms with Crippen LogP contribution in [-0.4, -0.2) is 20.3 Å². The number of nitro benzene ring substituents is 1. The van der Waals surface area contributed by atoms with E-state index >= 15 is 0 Å². The van der Waals surface area contributed by atoms with E-state index in [9.17, 15) is 14.9 Å². The Kier molecular flexibility index (Phi) is 6.38. The van der Waals surface area contributed by atoms with Crippen molar-refractivity contribution in [1.82, 2.24) is 0 Å². The molecule has 0 unspecified atom stereocenters. The summed E-state index contributed by atoms with van der Waals surface area (Å²) < 4.78 is 0. The molecule has 2 aromatic carbocycles. The van der Waals surface area contributed by atoms with Gasteiger partial charge in [-0.2, -0.15) is 0 Å². The first-order valence-corrected chi connectivity index (χ1v) is 6.26. The quantitative estimate of drug-likeness (QED) is 0.459. The molecule has 110 valence electrons. The summed E-state index contributed by atoms with van der Waals surface area (Å²) in [5, 5.41) is 27.5. The van der Waals surface area contributed by atoms with Gasteiger partial charge in [0.05, 0.1) is 22.7 Å². The van der Waals surface area contributed by atoms with E-state index in [4.69, 9.17) is 10.2 Å². The van der Waals surface area contributed by atoms with E-state index in [2.05, 4.69) is 12.6 Å². The number of carbonyl (C=O) groups is 1. The number of phenols is 1. The largest absolute Gasteiger partial charge is 0.507 e. The number of hydrogen-bond acceptors (Lipinski definition) is 5. The third-order valence-corrected chi connectivity index (χ3v) is 2.73. The van der Waals surface area contributed by atoms with Crippen molar-refractivity contribution in [3.63, 3.8) is 0 Å². The number of aliphatic hydroxyl groups excluding tert-OH is 1. The maximum Gasteiger partial charge on any atom is 0.274 e. The highest BCUT2D eigenvalue weighted by Gasteiger charge is 2.09. The molecule has 0 aliphatic carbocycles. The maximum absolute atomic E-state index is 10.6. The number of thiol groups is 1. The molecule has 0 saturated carbocycles. The predicted octanol–water partition coefficient (Wildman–Crippen LogP) is 2.55. The Hall–Kier alpha value is -2.38. The van der Waals surface area contributed by atoms with E-state index in [0.29, 0.717) is 5.56 Å². The Bertz CT molecular complexity index is 645. The molecule has 0 aliphatic rings. The lowest BCUT2D eigenvalue weighted by Gasteiger charge is -1.96. The molecule has 0 atom stereocenters. The van der Waals surface area contributed by atoms with Gasteiger partial charge in [-0.25, -0.2) is 0 Å². The van der Waals surface area contributed by atoms with Gasteiger partial charge in [0.1, 0.15) is 5.75 Å². The molecule has 0 aliphatic heterocycles. The average molecular weight is 307 g/mol. The molecule has 2 aromatic rings. The normalized spacial score (nSPS) is 9.43. The smallest absolute Gasteiger partial charge is 0.274 e. The highest BCUT2D eigenvalue weighted by molar-refractivity contribution is 7.97. The van der Waals surface area contributed by atoms with Crippen LogP contribution in [0.15, 0.2) is 48.5 Å². The van der Waals surface area contributed by atoms with Crippen molar-refractivity contribution in [3.05, 3.63) is 69.8 Å². The highest BCUT2D eigenvalue weighted by Crippen LogP contribution is 2.17. The summed E-state index contributed by atoms with van der Waals surface area (Å²) in [4.78, 5) is 20.3. The van der Waals surface area contributed by atoms with Gasteiger partial charge in [0.2, 0.25) is 5.12 Å². The van der Waals surface area contributed by atoms with Crippen molar-refractivity contribution in [2.45, 2.75) is 6.61 Å². The van der Waals surface area contributed by atoms with Crippen LogP contribution in [0.3, 0.4) is 0 Å². The summed E-state index contributed by atoms with van der Waals surface area (Å²) in [6.45, 7) is -0.294. The molecule has 0 saturated heterocycles. The van der Waals surface area contributed by atoms with Crippen LogP contribution in [0, 0.1) is 10.1 Å². The summed E-state index contributed by atoms with van der Waals surface area (Å²) in [6, 6.07) is 12.4. The fourth-order valence-electron chi connectivity index (χ4n) is 1.48. The summed E-state index contributed by atoms with van der Waals surface area (Å²) in [5.74, 6) is -0.0255. The number of aromatic hydroxyl groups is 1. The second kappa shape index (κ2) is 8.03. The fourth-order valence-corrected chi connectivity index (χ4v) is 1.67. The third-order valence-electron chi connectivity index (χ3n) is 2.49. The van der Waals surface area contributed by atoms with Crippen LogP contribution in [0.5, 0.6) is 5.75 Å².